The van der Waals surface area contributed by atoms with Gasteiger partial charge < -0.3 is 9.84 Å². The molecule has 0 heterocycles. The Hall–Kier alpha value is -0.570. The van der Waals surface area contributed by atoms with E-state index in [0.717, 1.165) is 12.8 Å². The van der Waals surface area contributed by atoms with Crippen molar-refractivity contribution in [3.05, 3.63) is 0 Å². The predicted molar refractivity (Wildman–Crippen MR) is 53.8 cm³/mol. The van der Waals surface area contributed by atoms with E-state index in [1.807, 2.05) is 0 Å². The molecule has 1 N–H and O–H groups in total. The van der Waals surface area contributed by atoms with E-state index >= 15 is 0 Å². The number of carbonyl (C=O) groups is 1. The highest BCUT2D eigenvalue weighted by Crippen LogP contribution is 2.26. The zero-order valence-electron chi connectivity index (χ0n) is 8.87. The molecule has 0 aromatic rings. The van der Waals surface area contributed by atoms with Crippen molar-refractivity contribution < 1.29 is 14.6 Å². The molecule has 1 fully saturated rings. The Morgan fingerprint density at radius 2 is 1.93 bits per heavy atom. The number of aliphatic hydroxyl groups excluding tert-OH is 1. The normalized spacial score (nSPS) is 21.3. The maximum atomic E-state index is 11.0. The highest BCUT2D eigenvalue weighted by molar-refractivity contribution is 5.69. The van der Waals surface area contributed by atoms with E-state index in [1.54, 1.807) is 0 Å². The molecule has 1 saturated carbocycles. The number of hydrogen-bond donors (Lipinski definition) is 1. The maximum Gasteiger partial charge on any atom is 0.308 e. The van der Waals surface area contributed by atoms with Crippen LogP contribution in [0, 0.1) is 5.92 Å². The summed E-state index contributed by atoms with van der Waals surface area (Å²) in [6, 6.07) is 0. The van der Waals surface area contributed by atoms with Gasteiger partial charge in [-0.1, -0.05) is 25.7 Å². The first-order valence-electron chi connectivity index (χ1n) is 5.49. The summed E-state index contributed by atoms with van der Waals surface area (Å²) < 4.78 is 4.54. The average Bonchev–Trinajstić information content (AvgIpc) is 2.45. The lowest BCUT2D eigenvalue weighted by atomic mass is 9.92. The first-order valence-corrected chi connectivity index (χ1v) is 5.49. The Balaban J connectivity index is 2.33. The van der Waals surface area contributed by atoms with Gasteiger partial charge in [-0.25, -0.2) is 0 Å². The first kappa shape index (κ1) is 11.5. The third kappa shape index (κ3) is 3.66. The third-order valence-corrected chi connectivity index (χ3v) is 3.05. The second-order valence-electron chi connectivity index (χ2n) is 4.10. The number of rotatable bonds is 3. The second-order valence-corrected chi connectivity index (χ2v) is 4.10. The predicted octanol–water partition coefficient (Wildman–Crippen LogP) is 1.88. The second kappa shape index (κ2) is 6.02. The molecule has 0 amide bonds. The fraction of sp³-hybridized carbons (Fsp3) is 0.909. The monoisotopic (exact) mass is 200 g/mol. The molecule has 1 aliphatic carbocycles. The van der Waals surface area contributed by atoms with E-state index in [1.165, 1.54) is 32.8 Å². The number of carbonyl (C=O) groups excluding carboxylic acids is 1. The van der Waals surface area contributed by atoms with Crippen LogP contribution in [0.2, 0.25) is 0 Å². The first-order chi connectivity index (χ1) is 6.74. The standard InChI is InChI=1S/C11H20O3/c1-14-11(13)8-10(12)9-6-4-2-3-5-7-9/h9-10,12H,2-8H2,1H3/t10-/m0/s1. The van der Waals surface area contributed by atoms with E-state index in [2.05, 4.69) is 4.74 Å². The van der Waals surface area contributed by atoms with E-state index in [9.17, 15) is 9.90 Å². The number of esters is 1. The maximum absolute atomic E-state index is 11.0. The van der Waals surface area contributed by atoms with Gasteiger partial charge in [0.1, 0.15) is 0 Å². The minimum Gasteiger partial charge on any atom is -0.469 e. The van der Waals surface area contributed by atoms with Crippen LogP contribution >= 0.6 is 0 Å². The minimum absolute atomic E-state index is 0.154. The van der Waals surface area contributed by atoms with Gasteiger partial charge in [-0.15, -0.1) is 0 Å². The SMILES string of the molecule is COC(=O)C[C@H](O)C1CCCCCC1. The third-order valence-electron chi connectivity index (χ3n) is 3.05. The smallest absolute Gasteiger partial charge is 0.308 e. The van der Waals surface area contributed by atoms with Crippen LogP contribution in [0.25, 0.3) is 0 Å². The van der Waals surface area contributed by atoms with Gasteiger partial charge in [-0.05, 0) is 18.8 Å². The fourth-order valence-electron chi connectivity index (χ4n) is 2.12. The van der Waals surface area contributed by atoms with Crippen LogP contribution in [0.4, 0.5) is 0 Å². The molecule has 14 heavy (non-hydrogen) atoms. The van der Waals surface area contributed by atoms with Crippen LogP contribution in [0.15, 0.2) is 0 Å². The lowest BCUT2D eigenvalue weighted by Crippen LogP contribution is -2.23. The van der Waals surface area contributed by atoms with Gasteiger partial charge in [0.15, 0.2) is 0 Å². The molecule has 0 aromatic heterocycles. The highest BCUT2D eigenvalue weighted by Gasteiger charge is 2.23. The Kier molecular flexibility index (Phi) is 4.94. The van der Waals surface area contributed by atoms with Crippen molar-refractivity contribution in [3.63, 3.8) is 0 Å². The minimum atomic E-state index is -0.499. The summed E-state index contributed by atoms with van der Waals surface area (Å²) >= 11 is 0. The molecule has 1 aliphatic rings. The van der Waals surface area contributed by atoms with E-state index in [4.69, 9.17) is 0 Å². The van der Waals surface area contributed by atoms with Crippen molar-refractivity contribution in [1.29, 1.82) is 0 Å². The molecule has 0 bridgehead atoms. The number of methoxy groups -OCH3 is 1. The van der Waals surface area contributed by atoms with Gasteiger partial charge in [-0.3, -0.25) is 4.79 Å². The number of aliphatic hydroxyl groups is 1. The van der Waals surface area contributed by atoms with Crippen LogP contribution in [-0.2, 0) is 9.53 Å². The Labute approximate surface area is 85.5 Å². The lowest BCUT2D eigenvalue weighted by molar-refractivity contribution is -0.143. The van der Waals surface area contributed by atoms with Crippen LogP contribution in [-0.4, -0.2) is 24.3 Å². The molecule has 3 nitrogen and oxygen atoms in total. The van der Waals surface area contributed by atoms with Crippen LogP contribution in [0.5, 0.6) is 0 Å². The molecular weight excluding hydrogens is 180 g/mol. The van der Waals surface area contributed by atoms with Gasteiger partial charge in [0.2, 0.25) is 0 Å². The fourth-order valence-corrected chi connectivity index (χ4v) is 2.12. The van der Waals surface area contributed by atoms with E-state index in [0.29, 0.717) is 5.92 Å². The zero-order chi connectivity index (χ0) is 10.4. The number of hydrogen-bond acceptors (Lipinski definition) is 3. The summed E-state index contributed by atoms with van der Waals surface area (Å²) in [7, 11) is 1.36. The lowest BCUT2D eigenvalue weighted by Gasteiger charge is -2.19. The molecule has 1 rings (SSSR count). The molecule has 0 unspecified atom stereocenters. The Morgan fingerprint density at radius 3 is 2.43 bits per heavy atom. The van der Waals surface area contributed by atoms with E-state index < -0.39 is 6.10 Å². The Morgan fingerprint density at radius 1 is 1.36 bits per heavy atom. The summed E-state index contributed by atoms with van der Waals surface area (Å²) in [5, 5.41) is 9.80. The molecule has 3 heteroatoms. The molecule has 0 radical (unpaired) electrons. The van der Waals surface area contributed by atoms with Crippen molar-refractivity contribution in [2.75, 3.05) is 7.11 Å². The van der Waals surface area contributed by atoms with Gasteiger partial charge in [0.05, 0.1) is 19.6 Å². The van der Waals surface area contributed by atoms with Crippen molar-refractivity contribution in [2.45, 2.75) is 51.0 Å². The molecule has 0 aromatic carbocycles. The summed E-state index contributed by atoms with van der Waals surface area (Å²) in [6.07, 6.45) is 6.66. The van der Waals surface area contributed by atoms with E-state index in [-0.39, 0.29) is 12.4 Å². The highest BCUT2D eigenvalue weighted by atomic mass is 16.5. The van der Waals surface area contributed by atoms with Crippen molar-refractivity contribution >= 4 is 5.97 Å². The quantitative estimate of drug-likeness (QED) is 0.559. The zero-order valence-corrected chi connectivity index (χ0v) is 8.87. The van der Waals surface area contributed by atoms with Gasteiger partial charge in [-0.2, -0.15) is 0 Å². The summed E-state index contributed by atoms with van der Waals surface area (Å²) in [4.78, 5) is 11.0. The average molecular weight is 200 g/mol. The van der Waals surface area contributed by atoms with Gasteiger partial charge in [0, 0.05) is 0 Å². The molecule has 0 spiro atoms. The molecule has 0 saturated heterocycles. The topological polar surface area (TPSA) is 46.5 Å². The van der Waals surface area contributed by atoms with Crippen molar-refractivity contribution in [1.82, 2.24) is 0 Å². The van der Waals surface area contributed by atoms with Gasteiger partial charge in [0.25, 0.3) is 0 Å². The Bertz CT molecular complexity index is 171. The van der Waals surface area contributed by atoms with Gasteiger partial charge >= 0.3 is 5.97 Å². The molecule has 82 valence electrons. The molecular formula is C11H20O3. The largest absolute Gasteiger partial charge is 0.469 e. The number of ether oxygens (including phenoxy) is 1. The van der Waals surface area contributed by atoms with Crippen LogP contribution in [0.1, 0.15) is 44.9 Å². The molecule has 0 aliphatic heterocycles. The summed E-state index contributed by atoms with van der Waals surface area (Å²) in [5.74, 6) is -0.00153. The molecule has 1 atom stereocenters. The van der Waals surface area contributed by atoms with Crippen molar-refractivity contribution in [3.8, 4) is 0 Å². The summed E-state index contributed by atoms with van der Waals surface area (Å²) in [6.45, 7) is 0. The summed E-state index contributed by atoms with van der Waals surface area (Å²) in [5.41, 5.74) is 0. The van der Waals surface area contributed by atoms with Crippen molar-refractivity contribution in [2.24, 2.45) is 5.92 Å². The van der Waals surface area contributed by atoms with Crippen LogP contribution in [0.3, 0.4) is 0 Å². The van der Waals surface area contributed by atoms with Crippen LogP contribution < -0.4 is 0 Å².